The van der Waals surface area contributed by atoms with Crippen molar-refractivity contribution in [1.82, 2.24) is 4.98 Å². The fraction of sp³-hybridized carbons (Fsp3) is 0.400. The van der Waals surface area contributed by atoms with Gasteiger partial charge in [-0.15, -0.1) is 11.6 Å². The molecule has 0 spiro atoms. The van der Waals surface area contributed by atoms with Gasteiger partial charge in [-0.2, -0.15) is 0 Å². The predicted octanol–water partition coefficient (Wildman–Crippen LogP) is 2.85. The van der Waals surface area contributed by atoms with Crippen molar-refractivity contribution >= 4 is 17.6 Å². The highest BCUT2D eigenvalue weighted by Gasteiger charge is 2.19. The molecule has 0 unspecified atom stereocenters. The molecule has 1 aromatic rings. The maximum atomic E-state index is 12.7. The molecule has 0 bridgehead atoms. The van der Waals surface area contributed by atoms with Crippen LogP contribution in [0.15, 0.2) is 6.07 Å². The SMILES string of the molecule is COC(=O)c1cc(C(F)F)c(C)c(CCl)n1. The summed E-state index contributed by atoms with van der Waals surface area (Å²) in [4.78, 5) is 15.1. The Kier molecular flexibility index (Phi) is 4.18. The number of ether oxygens (including phenoxy) is 1. The molecule has 3 nitrogen and oxygen atoms in total. The number of hydrogen-bond donors (Lipinski definition) is 0. The van der Waals surface area contributed by atoms with Crippen molar-refractivity contribution in [3.8, 4) is 0 Å². The summed E-state index contributed by atoms with van der Waals surface area (Å²) in [7, 11) is 1.16. The molecule has 0 aromatic carbocycles. The molecule has 0 aliphatic heterocycles. The maximum absolute atomic E-state index is 12.7. The van der Waals surface area contributed by atoms with Crippen LogP contribution in [-0.2, 0) is 10.6 Å². The number of hydrogen-bond acceptors (Lipinski definition) is 3. The lowest BCUT2D eigenvalue weighted by atomic mass is 10.1. The third-order valence-electron chi connectivity index (χ3n) is 2.17. The average molecular weight is 250 g/mol. The first-order valence-corrected chi connectivity index (χ1v) is 4.97. The van der Waals surface area contributed by atoms with Gasteiger partial charge in [0.15, 0.2) is 0 Å². The minimum absolute atomic E-state index is 0.0314. The lowest BCUT2D eigenvalue weighted by Crippen LogP contribution is -2.09. The second kappa shape index (κ2) is 5.21. The Bertz CT molecular complexity index is 410. The summed E-state index contributed by atoms with van der Waals surface area (Å²) in [5.74, 6) is -0.788. The first kappa shape index (κ1) is 12.8. The Balaban J connectivity index is 3.34. The number of halogens is 3. The van der Waals surface area contributed by atoms with Crippen molar-refractivity contribution in [1.29, 1.82) is 0 Å². The van der Waals surface area contributed by atoms with Gasteiger partial charge in [0.2, 0.25) is 0 Å². The quantitative estimate of drug-likeness (QED) is 0.611. The molecule has 1 rings (SSSR count). The molecule has 0 aliphatic rings. The summed E-state index contributed by atoms with van der Waals surface area (Å²) >= 11 is 5.57. The molecule has 16 heavy (non-hydrogen) atoms. The molecule has 0 aliphatic carbocycles. The van der Waals surface area contributed by atoms with Gasteiger partial charge in [0.25, 0.3) is 6.43 Å². The smallest absolute Gasteiger partial charge is 0.356 e. The van der Waals surface area contributed by atoms with E-state index in [9.17, 15) is 13.6 Å². The zero-order valence-electron chi connectivity index (χ0n) is 8.76. The normalized spacial score (nSPS) is 10.6. The van der Waals surface area contributed by atoms with Gasteiger partial charge >= 0.3 is 5.97 Å². The van der Waals surface area contributed by atoms with Crippen molar-refractivity contribution in [2.24, 2.45) is 0 Å². The Morgan fingerprint density at radius 2 is 2.25 bits per heavy atom. The van der Waals surface area contributed by atoms with E-state index in [-0.39, 0.29) is 22.8 Å². The number of aromatic nitrogens is 1. The number of esters is 1. The Morgan fingerprint density at radius 3 is 2.69 bits per heavy atom. The van der Waals surface area contributed by atoms with Gasteiger partial charge in [0.05, 0.1) is 18.7 Å². The molecular weight excluding hydrogens is 240 g/mol. The van der Waals surface area contributed by atoms with E-state index >= 15 is 0 Å². The molecule has 6 heteroatoms. The lowest BCUT2D eigenvalue weighted by Gasteiger charge is -2.10. The Hall–Kier alpha value is -1.23. The van der Waals surface area contributed by atoms with E-state index in [1.807, 2.05) is 0 Å². The van der Waals surface area contributed by atoms with Gasteiger partial charge in [-0.05, 0) is 18.6 Å². The van der Waals surface area contributed by atoms with Gasteiger partial charge in [0.1, 0.15) is 5.69 Å². The van der Waals surface area contributed by atoms with E-state index < -0.39 is 12.4 Å². The Morgan fingerprint density at radius 1 is 1.62 bits per heavy atom. The highest BCUT2D eigenvalue weighted by molar-refractivity contribution is 6.17. The molecule has 0 saturated carbocycles. The van der Waals surface area contributed by atoms with Gasteiger partial charge in [-0.1, -0.05) is 0 Å². The molecule has 0 atom stereocenters. The molecule has 0 radical (unpaired) electrons. The van der Waals surface area contributed by atoms with Crippen molar-refractivity contribution in [2.75, 3.05) is 7.11 Å². The topological polar surface area (TPSA) is 39.2 Å². The second-order valence-corrected chi connectivity index (χ2v) is 3.36. The monoisotopic (exact) mass is 249 g/mol. The fourth-order valence-corrected chi connectivity index (χ4v) is 1.51. The van der Waals surface area contributed by atoms with E-state index in [2.05, 4.69) is 9.72 Å². The fourth-order valence-electron chi connectivity index (χ4n) is 1.25. The summed E-state index contributed by atoms with van der Waals surface area (Å²) in [5.41, 5.74) is 0.169. The molecule has 88 valence electrons. The average Bonchev–Trinajstić information content (AvgIpc) is 2.27. The molecule has 0 N–H and O–H groups in total. The molecule has 1 heterocycles. The maximum Gasteiger partial charge on any atom is 0.356 e. The molecule has 1 aromatic heterocycles. The Labute approximate surface area is 96.4 Å². The van der Waals surface area contributed by atoms with E-state index in [1.165, 1.54) is 6.92 Å². The summed E-state index contributed by atoms with van der Waals surface area (Å²) in [6, 6.07) is 1.03. The molecular formula is C10H10ClF2NO2. The van der Waals surface area contributed by atoms with Gasteiger partial charge in [0, 0.05) is 5.56 Å². The first-order valence-electron chi connectivity index (χ1n) is 4.44. The highest BCUT2D eigenvalue weighted by Crippen LogP contribution is 2.25. The minimum atomic E-state index is -2.67. The number of alkyl halides is 3. The number of methoxy groups -OCH3 is 1. The van der Waals surface area contributed by atoms with Crippen molar-refractivity contribution in [3.05, 3.63) is 28.6 Å². The van der Waals surface area contributed by atoms with Crippen LogP contribution in [0.2, 0.25) is 0 Å². The van der Waals surface area contributed by atoms with Gasteiger partial charge in [-0.25, -0.2) is 18.6 Å². The minimum Gasteiger partial charge on any atom is -0.464 e. The van der Waals surface area contributed by atoms with Crippen LogP contribution in [0, 0.1) is 6.92 Å². The third kappa shape index (κ3) is 2.47. The van der Waals surface area contributed by atoms with E-state index in [0.717, 1.165) is 13.2 Å². The van der Waals surface area contributed by atoms with Crippen LogP contribution in [0.3, 0.4) is 0 Å². The largest absolute Gasteiger partial charge is 0.464 e. The summed E-state index contributed by atoms with van der Waals surface area (Å²) in [5, 5.41) is 0. The van der Waals surface area contributed by atoms with Crippen LogP contribution in [0.4, 0.5) is 8.78 Å². The number of nitrogens with zero attached hydrogens (tertiary/aromatic N) is 1. The molecule has 0 saturated heterocycles. The number of rotatable bonds is 3. The predicted molar refractivity (Wildman–Crippen MR) is 54.8 cm³/mol. The van der Waals surface area contributed by atoms with E-state index in [0.29, 0.717) is 5.56 Å². The number of pyridine rings is 1. The number of carbonyl (C=O) groups excluding carboxylic acids is 1. The van der Waals surface area contributed by atoms with Gasteiger partial charge < -0.3 is 4.74 Å². The van der Waals surface area contributed by atoms with Crippen LogP contribution >= 0.6 is 11.6 Å². The van der Waals surface area contributed by atoms with E-state index in [4.69, 9.17) is 11.6 Å². The zero-order chi connectivity index (χ0) is 12.3. The highest BCUT2D eigenvalue weighted by atomic mass is 35.5. The lowest BCUT2D eigenvalue weighted by molar-refractivity contribution is 0.0593. The van der Waals surface area contributed by atoms with Gasteiger partial charge in [-0.3, -0.25) is 0 Å². The second-order valence-electron chi connectivity index (χ2n) is 3.09. The van der Waals surface area contributed by atoms with Crippen molar-refractivity contribution in [2.45, 2.75) is 19.2 Å². The molecule has 0 fully saturated rings. The zero-order valence-corrected chi connectivity index (χ0v) is 9.52. The summed E-state index contributed by atoms with van der Waals surface area (Å²) < 4.78 is 29.8. The van der Waals surface area contributed by atoms with Crippen LogP contribution in [0.1, 0.15) is 33.7 Å². The summed E-state index contributed by atoms with van der Waals surface area (Å²) in [6.07, 6.45) is -2.67. The summed E-state index contributed by atoms with van der Waals surface area (Å²) in [6.45, 7) is 1.49. The third-order valence-corrected chi connectivity index (χ3v) is 2.42. The van der Waals surface area contributed by atoms with Crippen LogP contribution in [-0.4, -0.2) is 18.1 Å². The van der Waals surface area contributed by atoms with Crippen LogP contribution in [0.5, 0.6) is 0 Å². The number of carbonyl (C=O) groups is 1. The van der Waals surface area contributed by atoms with E-state index in [1.54, 1.807) is 0 Å². The van der Waals surface area contributed by atoms with Crippen molar-refractivity contribution in [3.63, 3.8) is 0 Å². The first-order chi connectivity index (χ1) is 7.51. The van der Waals surface area contributed by atoms with Crippen LogP contribution in [0.25, 0.3) is 0 Å². The standard InChI is InChI=1S/C10H10ClF2NO2/c1-5-6(9(12)13)3-7(10(15)16-2)14-8(5)4-11/h3,9H,4H2,1-2H3. The van der Waals surface area contributed by atoms with Crippen molar-refractivity contribution < 1.29 is 18.3 Å². The molecule has 0 amide bonds. The van der Waals surface area contributed by atoms with Crippen LogP contribution < -0.4 is 0 Å².